The molecule has 19 heavy (non-hydrogen) atoms. The van der Waals surface area contributed by atoms with E-state index >= 15 is 0 Å². The summed E-state index contributed by atoms with van der Waals surface area (Å²) in [6.45, 7) is 3.18. The summed E-state index contributed by atoms with van der Waals surface area (Å²) in [5, 5.41) is 5.74. The molecular formula is C16H18BrNS. The van der Waals surface area contributed by atoms with Crippen LogP contribution in [0.2, 0.25) is 0 Å². The van der Waals surface area contributed by atoms with Gasteiger partial charge in [0, 0.05) is 21.9 Å². The second-order valence-electron chi connectivity index (χ2n) is 5.18. The van der Waals surface area contributed by atoms with Crippen LogP contribution in [0, 0.1) is 0 Å². The molecule has 1 heterocycles. The maximum Gasteiger partial charge on any atom is 0.0327 e. The molecular weight excluding hydrogens is 318 g/mol. The van der Waals surface area contributed by atoms with Crippen LogP contribution >= 0.6 is 27.3 Å². The molecule has 100 valence electrons. The summed E-state index contributed by atoms with van der Waals surface area (Å²) in [4.78, 5) is 1.37. The van der Waals surface area contributed by atoms with Gasteiger partial charge in [0.2, 0.25) is 0 Å². The van der Waals surface area contributed by atoms with E-state index in [9.17, 15) is 0 Å². The number of rotatable bonds is 4. The minimum absolute atomic E-state index is 0.403. The van der Waals surface area contributed by atoms with E-state index in [0.29, 0.717) is 6.04 Å². The van der Waals surface area contributed by atoms with Gasteiger partial charge in [-0.25, -0.2) is 0 Å². The van der Waals surface area contributed by atoms with Gasteiger partial charge in [0.05, 0.1) is 0 Å². The molecule has 0 amide bonds. The number of nitrogens with one attached hydrogen (secondary N) is 1. The van der Waals surface area contributed by atoms with Crippen molar-refractivity contribution in [2.45, 2.75) is 38.8 Å². The van der Waals surface area contributed by atoms with E-state index in [1.807, 2.05) is 0 Å². The summed E-state index contributed by atoms with van der Waals surface area (Å²) in [5.74, 6) is 0. The fourth-order valence-electron chi connectivity index (χ4n) is 2.68. The quantitative estimate of drug-likeness (QED) is 0.842. The van der Waals surface area contributed by atoms with Gasteiger partial charge in [0.1, 0.15) is 0 Å². The first kappa shape index (κ1) is 13.3. The molecule has 0 bridgehead atoms. The molecule has 1 N–H and O–H groups in total. The lowest BCUT2D eigenvalue weighted by Crippen LogP contribution is -2.17. The predicted octanol–water partition coefficient (Wildman–Crippen LogP) is 4.85. The zero-order valence-corrected chi connectivity index (χ0v) is 13.5. The normalized spacial score (nSPS) is 15.5. The summed E-state index contributed by atoms with van der Waals surface area (Å²) >= 11 is 5.38. The summed E-state index contributed by atoms with van der Waals surface area (Å²) in [7, 11) is 0. The van der Waals surface area contributed by atoms with Crippen LogP contribution in [0.5, 0.6) is 0 Å². The molecule has 0 spiro atoms. The topological polar surface area (TPSA) is 12.0 Å². The van der Waals surface area contributed by atoms with Gasteiger partial charge in [-0.2, -0.15) is 0 Å². The maximum absolute atomic E-state index is 3.61. The van der Waals surface area contributed by atoms with E-state index in [-0.39, 0.29) is 0 Å². The minimum atomic E-state index is 0.403. The molecule has 1 aromatic carbocycles. The van der Waals surface area contributed by atoms with Crippen LogP contribution in [0.1, 0.15) is 41.0 Å². The third-order valence-electron chi connectivity index (χ3n) is 3.88. The first-order chi connectivity index (χ1) is 9.24. The van der Waals surface area contributed by atoms with E-state index in [2.05, 4.69) is 57.8 Å². The molecule has 3 heteroatoms. The van der Waals surface area contributed by atoms with Crippen molar-refractivity contribution >= 4 is 27.3 Å². The van der Waals surface area contributed by atoms with E-state index in [1.54, 1.807) is 22.5 Å². The first-order valence-electron chi connectivity index (χ1n) is 6.81. The summed E-state index contributed by atoms with van der Waals surface area (Å²) < 4.78 is 1.21. The molecule has 2 aromatic rings. The second-order valence-corrected chi connectivity index (χ2v) is 7.03. The van der Waals surface area contributed by atoms with E-state index in [0.717, 1.165) is 6.54 Å². The average molecular weight is 336 g/mol. The molecule has 0 radical (unpaired) electrons. The van der Waals surface area contributed by atoms with E-state index in [4.69, 9.17) is 0 Å². The maximum atomic E-state index is 3.61. The Morgan fingerprint density at radius 3 is 2.89 bits per heavy atom. The van der Waals surface area contributed by atoms with Crippen molar-refractivity contribution in [1.82, 2.24) is 5.32 Å². The standard InChI is InChI=1S/C16H18BrNS/c1-11(18-10-16-15(17)7-8-19-16)13-6-5-12-3-2-4-14(12)9-13/h5-9,11,18H,2-4,10H2,1H3. The number of fused-ring (bicyclic) bond motifs is 1. The van der Waals surface area contributed by atoms with Gasteiger partial charge < -0.3 is 5.32 Å². The molecule has 1 atom stereocenters. The molecule has 0 aliphatic heterocycles. The smallest absolute Gasteiger partial charge is 0.0327 e. The van der Waals surface area contributed by atoms with Gasteiger partial charge in [-0.1, -0.05) is 18.2 Å². The highest BCUT2D eigenvalue weighted by Crippen LogP contribution is 2.26. The Morgan fingerprint density at radius 1 is 1.26 bits per heavy atom. The first-order valence-corrected chi connectivity index (χ1v) is 8.48. The highest BCUT2D eigenvalue weighted by molar-refractivity contribution is 9.10. The lowest BCUT2D eigenvalue weighted by Gasteiger charge is -2.15. The van der Waals surface area contributed by atoms with Crippen molar-refractivity contribution in [2.75, 3.05) is 0 Å². The van der Waals surface area contributed by atoms with Gasteiger partial charge in [0.25, 0.3) is 0 Å². The van der Waals surface area contributed by atoms with Crippen LogP contribution in [-0.2, 0) is 19.4 Å². The van der Waals surface area contributed by atoms with Crippen LogP contribution in [0.15, 0.2) is 34.1 Å². The lowest BCUT2D eigenvalue weighted by molar-refractivity contribution is 0.577. The largest absolute Gasteiger partial charge is 0.305 e. The zero-order chi connectivity index (χ0) is 13.2. The van der Waals surface area contributed by atoms with Crippen LogP contribution in [0.3, 0.4) is 0 Å². The Bertz CT molecular complexity index is 576. The third kappa shape index (κ3) is 2.93. The minimum Gasteiger partial charge on any atom is -0.305 e. The fourth-order valence-corrected chi connectivity index (χ4v) is 4.12. The molecule has 1 aliphatic carbocycles. The van der Waals surface area contributed by atoms with Crippen molar-refractivity contribution < 1.29 is 0 Å². The summed E-state index contributed by atoms with van der Waals surface area (Å²) in [5.41, 5.74) is 4.52. The highest BCUT2D eigenvalue weighted by atomic mass is 79.9. The molecule has 1 unspecified atom stereocenters. The molecule has 1 nitrogen and oxygen atoms in total. The van der Waals surface area contributed by atoms with Crippen molar-refractivity contribution in [3.8, 4) is 0 Å². The third-order valence-corrected chi connectivity index (χ3v) is 5.81. The SMILES string of the molecule is CC(NCc1sccc1Br)c1ccc2c(c1)CCC2. The Labute approximate surface area is 127 Å². The average Bonchev–Trinajstić information content (AvgIpc) is 3.03. The van der Waals surface area contributed by atoms with Crippen LogP contribution < -0.4 is 5.32 Å². The summed E-state index contributed by atoms with van der Waals surface area (Å²) in [6, 6.07) is 9.51. The zero-order valence-electron chi connectivity index (χ0n) is 11.1. The monoisotopic (exact) mass is 335 g/mol. The Kier molecular flexibility index (Phi) is 4.06. The van der Waals surface area contributed by atoms with E-state index < -0.39 is 0 Å². The van der Waals surface area contributed by atoms with Crippen molar-refractivity contribution in [2.24, 2.45) is 0 Å². The van der Waals surface area contributed by atoms with Crippen molar-refractivity contribution in [3.63, 3.8) is 0 Å². The molecule has 0 saturated heterocycles. The van der Waals surface area contributed by atoms with Gasteiger partial charge >= 0.3 is 0 Å². The molecule has 1 aliphatic rings. The fraction of sp³-hybridized carbons (Fsp3) is 0.375. The summed E-state index contributed by atoms with van der Waals surface area (Å²) in [6.07, 6.45) is 3.84. The Hall–Kier alpha value is -0.640. The van der Waals surface area contributed by atoms with Crippen molar-refractivity contribution in [1.29, 1.82) is 0 Å². The molecule has 3 rings (SSSR count). The highest BCUT2D eigenvalue weighted by Gasteiger charge is 2.13. The second kappa shape index (κ2) is 5.78. The van der Waals surface area contributed by atoms with Gasteiger partial charge in [-0.3, -0.25) is 0 Å². The molecule has 0 saturated carbocycles. The number of hydrogen-bond donors (Lipinski definition) is 1. The van der Waals surface area contributed by atoms with Gasteiger partial charge in [-0.15, -0.1) is 11.3 Å². The Morgan fingerprint density at radius 2 is 2.11 bits per heavy atom. The molecule has 1 aromatic heterocycles. The van der Waals surface area contributed by atoms with Crippen molar-refractivity contribution in [3.05, 3.63) is 55.7 Å². The van der Waals surface area contributed by atoms with Crippen LogP contribution in [-0.4, -0.2) is 0 Å². The van der Waals surface area contributed by atoms with Crippen LogP contribution in [0.4, 0.5) is 0 Å². The number of aryl methyl sites for hydroxylation is 2. The number of thiophene rings is 1. The van der Waals surface area contributed by atoms with E-state index in [1.165, 1.54) is 34.2 Å². The number of halogens is 1. The van der Waals surface area contributed by atoms with Gasteiger partial charge in [-0.05, 0) is 70.3 Å². The van der Waals surface area contributed by atoms with Gasteiger partial charge in [0.15, 0.2) is 0 Å². The predicted molar refractivity (Wildman–Crippen MR) is 85.7 cm³/mol. The number of benzene rings is 1. The lowest BCUT2D eigenvalue weighted by atomic mass is 10.0. The molecule has 0 fully saturated rings. The van der Waals surface area contributed by atoms with Crippen LogP contribution in [0.25, 0.3) is 0 Å². The number of hydrogen-bond acceptors (Lipinski definition) is 2. The Balaban J connectivity index is 1.67.